The van der Waals surface area contributed by atoms with Crippen LogP contribution in [-0.2, 0) is 0 Å². The molecular formula is C12H20BrN. The van der Waals surface area contributed by atoms with Crippen LogP contribution in [0.3, 0.4) is 0 Å². The van der Waals surface area contributed by atoms with E-state index in [4.69, 9.17) is 0 Å². The molecule has 0 aromatic rings. The molecule has 0 aromatic heterocycles. The lowest BCUT2D eigenvalue weighted by Crippen LogP contribution is -2.46. The van der Waals surface area contributed by atoms with E-state index in [0.717, 1.165) is 22.8 Å². The summed E-state index contributed by atoms with van der Waals surface area (Å²) in [4.78, 5) is 3.67. The molecule has 1 nitrogen and oxygen atoms in total. The summed E-state index contributed by atoms with van der Waals surface area (Å²) in [5.41, 5.74) is 0. The van der Waals surface area contributed by atoms with E-state index in [1.165, 1.54) is 51.5 Å². The molecule has 0 aromatic carbocycles. The van der Waals surface area contributed by atoms with Crippen molar-refractivity contribution >= 4 is 15.9 Å². The fraction of sp³-hybridized carbons (Fsp3) is 1.00. The summed E-state index contributed by atoms with van der Waals surface area (Å²) in [7, 11) is 0. The molecule has 0 amide bonds. The maximum atomic E-state index is 3.81. The molecule has 3 aliphatic rings. The highest BCUT2D eigenvalue weighted by Crippen LogP contribution is 2.40. The molecule has 2 heterocycles. The molecule has 2 unspecified atom stereocenters. The molecule has 80 valence electrons. The van der Waals surface area contributed by atoms with Crippen LogP contribution in [0.2, 0.25) is 0 Å². The Morgan fingerprint density at radius 3 is 2.14 bits per heavy atom. The summed E-state index contributed by atoms with van der Waals surface area (Å²) in [6, 6.07) is 1.86. The summed E-state index contributed by atoms with van der Waals surface area (Å²) in [5.74, 6) is 1.06. The monoisotopic (exact) mass is 257 g/mol. The van der Waals surface area contributed by atoms with Crippen LogP contribution < -0.4 is 0 Å². The number of hydrogen-bond donors (Lipinski definition) is 0. The van der Waals surface area contributed by atoms with Crippen molar-refractivity contribution in [2.45, 2.75) is 61.9 Å². The van der Waals surface area contributed by atoms with Gasteiger partial charge in [-0.2, -0.15) is 0 Å². The van der Waals surface area contributed by atoms with Crippen molar-refractivity contribution < 1.29 is 0 Å². The van der Waals surface area contributed by atoms with E-state index in [0.29, 0.717) is 0 Å². The van der Waals surface area contributed by atoms with E-state index in [-0.39, 0.29) is 0 Å². The molecule has 1 saturated carbocycles. The first-order valence-electron chi connectivity index (χ1n) is 6.23. The third kappa shape index (κ3) is 1.65. The summed E-state index contributed by atoms with van der Waals surface area (Å²) < 4.78 is 0. The maximum Gasteiger partial charge on any atom is 0.0175 e. The molecule has 2 aliphatic heterocycles. The van der Waals surface area contributed by atoms with Crippen LogP contribution in [0, 0.1) is 5.92 Å². The molecule has 2 heteroatoms. The highest BCUT2D eigenvalue weighted by molar-refractivity contribution is 9.09. The Morgan fingerprint density at radius 1 is 1.00 bits per heavy atom. The first-order chi connectivity index (χ1) is 6.83. The minimum atomic E-state index is 0.817. The van der Waals surface area contributed by atoms with Gasteiger partial charge in [0.2, 0.25) is 0 Å². The SMILES string of the molecule is BrC1CC2CCC(C1)N2CC1CCC1. The number of alkyl halides is 1. The Bertz CT molecular complexity index is 200. The zero-order valence-electron chi connectivity index (χ0n) is 8.79. The fourth-order valence-corrected chi connectivity index (χ4v) is 4.34. The largest absolute Gasteiger partial charge is 0.297 e. The Kier molecular flexibility index (Phi) is 2.61. The highest BCUT2D eigenvalue weighted by atomic mass is 79.9. The third-order valence-electron chi connectivity index (χ3n) is 4.52. The standard InChI is InChI=1S/C12H20BrN/c13-10-6-11-4-5-12(7-10)14(11)8-9-2-1-3-9/h9-12H,1-8H2. The zero-order valence-corrected chi connectivity index (χ0v) is 10.4. The molecule has 2 bridgehead atoms. The van der Waals surface area contributed by atoms with Crippen molar-refractivity contribution in [2.75, 3.05) is 6.54 Å². The van der Waals surface area contributed by atoms with E-state index in [2.05, 4.69) is 20.8 Å². The molecular weight excluding hydrogens is 238 g/mol. The van der Waals surface area contributed by atoms with E-state index in [1.807, 2.05) is 0 Å². The second-order valence-electron chi connectivity index (χ2n) is 5.45. The number of fused-ring (bicyclic) bond motifs is 2. The van der Waals surface area contributed by atoms with Crippen LogP contribution >= 0.6 is 15.9 Å². The second kappa shape index (κ2) is 3.79. The van der Waals surface area contributed by atoms with Gasteiger partial charge in [0.1, 0.15) is 0 Å². The van der Waals surface area contributed by atoms with Crippen molar-refractivity contribution in [3.63, 3.8) is 0 Å². The summed E-state index contributed by atoms with van der Waals surface area (Å²) in [6.45, 7) is 1.43. The zero-order chi connectivity index (χ0) is 9.54. The fourth-order valence-electron chi connectivity index (χ4n) is 3.48. The summed E-state index contributed by atoms with van der Waals surface area (Å²) in [5, 5.41) is 0. The third-order valence-corrected chi connectivity index (χ3v) is 5.27. The maximum absolute atomic E-state index is 3.81. The lowest BCUT2D eigenvalue weighted by molar-refractivity contribution is 0.0974. The average molecular weight is 258 g/mol. The average Bonchev–Trinajstić information content (AvgIpc) is 2.29. The van der Waals surface area contributed by atoms with Crippen LogP contribution in [0.5, 0.6) is 0 Å². The predicted octanol–water partition coefficient (Wildman–Crippen LogP) is 3.18. The Labute approximate surface area is 95.4 Å². The van der Waals surface area contributed by atoms with Gasteiger partial charge in [-0.15, -0.1) is 0 Å². The number of piperidine rings is 1. The van der Waals surface area contributed by atoms with Gasteiger partial charge < -0.3 is 0 Å². The normalized spacial score (nSPS) is 43.9. The van der Waals surface area contributed by atoms with Gasteiger partial charge >= 0.3 is 0 Å². The first-order valence-corrected chi connectivity index (χ1v) is 7.14. The summed E-state index contributed by atoms with van der Waals surface area (Å²) in [6.07, 6.45) is 10.3. The van der Waals surface area contributed by atoms with E-state index < -0.39 is 0 Å². The van der Waals surface area contributed by atoms with Crippen LogP contribution in [0.1, 0.15) is 44.9 Å². The highest BCUT2D eigenvalue weighted by Gasteiger charge is 2.40. The molecule has 1 aliphatic carbocycles. The van der Waals surface area contributed by atoms with Crippen LogP contribution in [-0.4, -0.2) is 28.4 Å². The van der Waals surface area contributed by atoms with Gasteiger partial charge in [0.25, 0.3) is 0 Å². The Hall–Kier alpha value is 0.440. The van der Waals surface area contributed by atoms with Gasteiger partial charge in [-0.05, 0) is 44.4 Å². The lowest BCUT2D eigenvalue weighted by Gasteiger charge is -2.41. The molecule has 2 saturated heterocycles. The minimum absolute atomic E-state index is 0.817. The van der Waals surface area contributed by atoms with Gasteiger partial charge in [0.15, 0.2) is 0 Å². The molecule has 0 radical (unpaired) electrons. The molecule has 3 rings (SSSR count). The summed E-state index contributed by atoms with van der Waals surface area (Å²) >= 11 is 3.81. The Morgan fingerprint density at radius 2 is 1.64 bits per heavy atom. The number of nitrogens with zero attached hydrogens (tertiary/aromatic N) is 1. The number of rotatable bonds is 2. The molecule has 2 atom stereocenters. The van der Waals surface area contributed by atoms with E-state index >= 15 is 0 Å². The predicted molar refractivity (Wildman–Crippen MR) is 62.8 cm³/mol. The van der Waals surface area contributed by atoms with Crippen molar-refractivity contribution in [3.05, 3.63) is 0 Å². The van der Waals surface area contributed by atoms with E-state index in [9.17, 15) is 0 Å². The van der Waals surface area contributed by atoms with Crippen molar-refractivity contribution in [3.8, 4) is 0 Å². The van der Waals surface area contributed by atoms with Crippen molar-refractivity contribution in [1.82, 2.24) is 4.90 Å². The molecule has 0 N–H and O–H groups in total. The van der Waals surface area contributed by atoms with Gasteiger partial charge in [-0.3, -0.25) is 4.90 Å². The van der Waals surface area contributed by atoms with E-state index in [1.54, 1.807) is 0 Å². The topological polar surface area (TPSA) is 3.24 Å². The number of hydrogen-bond acceptors (Lipinski definition) is 1. The molecule has 0 spiro atoms. The van der Waals surface area contributed by atoms with Gasteiger partial charge in [-0.1, -0.05) is 22.4 Å². The second-order valence-corrected chi connectivity index (χ2v) is 6.74. The van der Waals surface area contributed by atoms with Crippen molar-refractivity contribution in [2.24, 2.45) is 5.92 Å². The van der Waals surface area contributed by atoms with Crippen molar-refractivity contribution in [1.29, 1.82) is 0 Å². The lowest BCUT2D eigenvalue weighted by atomic mass is 9.84. The number of halogens is 1. The minimum Gasteiger partial charge on any atom is -0.297 e. The quantitative estimate of drug-likeness (QED) is 0.688. The Balaban J connectivity index is 1.62. The smallest absolute Gasteiger partial charge is 0.0175 e. The van der Waals surface area contributed by atoms with Crippen LogP contribution in [0.15, 0.2) is 0 Å². The molecule has 14 heavy (non-hydrogen) atoms. The van der Waals surface area contributed by atoms with Gasteiger partial charge in [0, 0.05) is 23.5 Å². The first kappa shape index (κ1) is 9.65. The van der Waals surface area contributed by atoms with Crippen LogP contribution in [0.4, 0.5) is 0 Å². The van der Waals surface area contributed by atoms with Gasteiger partial charge in [-0.25, -0.2) is 0 Å². The van der Waals surface area contributed by atoms with Crippen LogP contribution in [0.25, 0.3) is 0 Å². The van der Waals surface area contributed by atoms with Gasteiger partial charge in [0.05, 0.1) is 0 Å². The molecule has 3 fully saturated rings.